The summed E-state index contributed by atoms with van der Waals surface area (Å²) in [6, 6.07) is 13.0. The maximum Gasteiger partial charge on any atom is 0.338 e. The summed E-state index contributed by atoms with van der Waals surface area (Å²) in [4.78, 5) is 24.6. The molecule has 0 saturated heterocycles. The molecule has 0 radical (unpaired) electrons. The Morgan fingerprint density at radius 3 is 2.66 bits per heavy atom. The van der Waals surface area contributed by atoms with E-state index >= 15 is 0 Å². The first-order valence-corrected chi connectivity index (χ1v) is 10.8. The van der Waals surface area contributed by atoms with Crippen LogP contribution in [0.15, 0.2) is 48.5 Å². The van der Waals surface area contributed by atoms with Crippen LogP contribution >= 0.6 is 0 Å². The molecule has 3 rings (SSSR count). The van der Waals surface area contributed by atoms with E-state index in [0.717, 1.165) is 0 Å². The lowest BCUT2D eigenvalue weighted by Gasteiger charge is -2.34. The topological polar surface area (TPSA) is 102 Å². The molecule has 2 aromatic rings. The molecule has 2 aromatic carbocycles. The van der Waals surface area contributed by atoms with Gasteiger partial charge >= 0.3 is 5.97 Å². The Kier molecular flexibility index (Phi) is 6.07. The minimum Gasteiger partial charge on any atom is -0.476 e. The molecule has 154 valence electrons. The number of nitrogens with zero attached hydrogens (tertiary/aromatic N) is 1. The maximum atomic E-state index is 12.8. The van der Waals surface area contributed by atoms with Crippen LogP contribution in [0.2, 0.25) is 0 Å². The van der Waals surface area contributed by atoms with E-state index in [1.54, 1.807) is 56.3 Å². The van der Waals surface area contributed by atoms with Gasteiger partial charge in [0.2, 0.25) is 10.0 Å². The second-order valence-corrected chi connectivity index (χ2v) is 8.48. The van der Waals surface area contributed by atoms with Gasteiger partial charge in [-0.1, -0.05) is 18.2 Å². The van der Waals surface area contributed by atoms with E-state index < -0.39 is 28.0 Å². The van der Waals surface area contributed by atoms with Crippen molar-refractivity contribution in [3.63, 3.8) is 0 Å². The van der Waals surface area contributed by atoms with Crippen LogP contribution in [0.4, 0.5) is 11.4 Å². The van der Waals surface area contributed by atoms with E-state index in [9.17, 15) is 18.0 Å². The zero-order chi connectivity index (χ0) is 21.0. The average molecular weight is 418 g/mol. The van der Waals surface area contributed by atoms with Gasteiger partial charge in [0.05, 0.1) is 30.2 Å². The summed E-state index contributed by atoms with van der Waals surface area (Å²) < 4.78 is 36.9. The first-order valence-electron chi connectivity index (χ1n) is 9.20. The number of fused-ring (bicyclic) bond motifs is 1. The Morgan fingerprint density at radius 2 is 1.93 bits per heavy atom. The van der Waals surface area contributed by atoms with Crippen LogP contribution in [-0.2, 0) is 19.6 Å². The quantitative estimate of drug-likeness (QED) is 0.723. The molecule has 1 amide bonds. The Bertz CT molecular complexity index is 1020. The minimum atomic E-state index is -3.59. The predicted octanol–water partition coefficient (Wildman–Crippen LogP) is 2.42. The zero-order valence-electron chi connectivity index (χ0n) is 16.1. The van der Waals surface area contributed by atoms with Crippen molar-refractivity contribution >= 4 is 33.3 Å². The second-order valence-electron chi connectivity index (χ2n) is 6.30. The van der Waals surface area contributed by atoms with Crippen molar-refractivity contribution < 1.29 is 27.5 Å². The third-order valence-corrected chi connectivity index (χ3v) is 6.12. The smallest absolute Gasteiger partial charge is 0.338 e. The molecule has 0 bridgehead atoms. The number of hydrogen-bond acceptors (Lipinski definition) is 6. The third-order valence-electron chi connectivity index (χ3n) is 4.37. The van der Waals surface area contributed by atoms with Crippen LogP contribution in [0.3, 0.4) is 0 Å². The molecular weight excluding hydrogens is 396 g/mol. The van der Waals surface area contributed by atoms with Gasteiger partial charge in [-0.05, 0) is 44.2 Å². The normalized spacial score (nSPS) is 15.8. The number of rotatable bonds is 6. The van der Waals surface area contributed by atoms with Crippen molar-refractivity contribution in [3.8, 4) is 5.75 Å². The summed E-state index contributed by atoms with van der Waals surface area (Å²) in [6.07, 6.45) is -1.04. The fourth-order valence-corrected chi connectivity index (χ4v) is 4.04. The highest BCUT2D eigenvalue weighted by molar-refractivity contribution is 7.92. The van der Waals surface area contributed by atoms with Crippen LogP contribution in [0, 0.1) is 0 Å². The molecule has 9 heteroatoms. The Morgan fingerprint density at radius 1 is 1.17 bits per heavy atom. The number of nitrogens with one attached hydrogen (secondary N) is 1. The van der Waals surface area contributed by atoms with Crippen molar-refractivity contribution in [2.45, 2.75) is 20.0 Å². The summed E-state index contributed by atoms with van der Waals surface area (Å²) in [7, 11) is -3.59. The molecule has 1 N–H and O–H groups in total. The van der Waals surface area contributed by atoms with Crippen molar-refractivity contribution in [3.05, 3.63) is 54.1 Å². The standard InChI is InChI=1S/C20H22N2O6S/c1-3-27-20(24)14-8-7-9-15(12-14)21-19(23)18-13-22(29(25,26)4-2)16-10-5-6-11-17(16)28-18/h5-12,18H,3-4,13H2,1-2H3,(H,21,23)/t18-/m0/s1. The van der Waals surface area contributed by atoms with Crippen molar-refractivity contribution in [1.29, 1.82) is 0 Å². The van der Waals surface area contributed by atoms with E-state index in [4.69, 9.17) is 9.47 Å². The molecule has 29 heavy (non-hydrogen) atoms. The predicted molar refractivity (Wildman–Crippen MR) is 109 cm³/mol. The number of ether oxygens (including phenoxy) is 2. The van der Waals surface area contributed by atoms with E-state index in [-0.39, 0.29) is 18.9 Å². The highest BCUT2D eigenvalue weighted by Crippen LogP contribution is 2.35. The van der Waals surface area contributed by atoms with Gasteiger partial charge in [-0.25, -0.2) is 13.2 Å². The first kappa shape index (κ1) is 20.7. The average Bonchev–Trinajstić information content (AvgIpc) is 2.73. The zero-order valence-corrected chi connectivity index (χ0v) is 16.9. The number of sulfonamides is 1. The molecule has 1 aliphatic heterocycles. The molecule has 0 spiro atoms. The summed E-state index contributed by atoms with van der Waals surface area (Å²) in [5.74, 6) is -0.795. The van der Waals surface area contributed by atoms with Crippen molar-refractivity contribution in [2.75, 3.05) is 28.5 Å². The summed E-state index contributed by atoms with van der Waals surface area (Å²) in [5.41, 5.74) is 1.09. The number of hydrogen-bond donors (Lipinski definition) is 1. The molecule has 0 fully saturated rings. The highest BCUT2D eigenvalue weighted by atomic mass is 32.2. The summed E-state index contributed by atoms with van der Waals surface area (Å²) >= 11 is 0. The third kappa shape index (κ3) is 4.51. The van der Waals surface area contributed by atoms with Crippen LogP contribution < -0.4 is 14.4 Å². The van der Waals surface area contributed by atoms with Gasteiger partial charge < -0.3 is 14.8 Å². The van der Waals surface area contributed by atoms with E-state index in [0.29, 0.717) is 22.7 Å². The number of esters is 1. The molecule has 0 saturated carbocycles. The van der Waals surface area contributed by atoms with Gasteiger partial charge in [-0.2, -0.15) is 0 Å². The minimum absolute atomic E-state index is 0.0999. The molecule has 0 aromatic heterocycles. The maximum absolute atomic E-state index is 12.8. The molecule has 1 atom stereocenters. The van der Waals surface area contributed by atoms with Gasteiger partial charge in [-0.3, -0.25) is 9.10 Å². The van der Waals surface area contributed by atoms with E-state index in [2.05, 4.69) is 5.32 Å². The van der Waals surface area contributed by atoms with Gasteiger partial charge in [0.15, 0.2) is 6.10 Å². The Labute approximate surface area is 169 Å². The van der Waals surface area contributed by atoms with Crippen molar-refractivity contribution in [1.82, 2.24) is 0 Å². The largest absolute Gasteiger partial charge is 0.476 e. The van der Waals surface area contributed by atoms with Gasteiger partial charge in [0.25, 0.3) is 5.91 Å². The second kappa shape index (κ2) is 8.52. The molecular formula is C20H22N2O6S. The number of amides is 1. The van der Waals surface area contributed by atoms with Gasteiger partial charge in [0, 0.05) is 5.69 Å². The van der Waals surface area contributed by atoms with E-state index in [1.165, 1.54) is 10.4 Å². The van der Waals surface area contributed by atoms with Gasteiger partial charge in [0.1, 0.15) is 5.75 Å². The highest BCUT2D eigenvalue weighted by Gasteiger charge is 2.35. The number of carbonyl (C=O) groups excluding carboxylic acids is 2. The number of anilines is 2. The molecule has 1 aliphatic rings. The lowest BCUT2D eigenvalue weighted by Crippen LogP contribution is -2.49. The Balaban J connectivity index is 1.82. The van der Waals surface area contributed by atoms with Crippen LogP contribution in [0.25, 0.3) is 0 Å². The molecule has 0 aliphatic carbocycles. The molecule has 1 heterocycles. The number of carbonyl (C=O) groups is 2. The van der Waals surface area contributed by atoms with Crippen LogP contribution in [0.5, 0.6) is 5.75 Å². The van der Waals surface area contributed by atoms with E-state index in [1.807, 2.05) is 0 Å². The van der Waals surface area contributed by atoms with Crippen LogP contribution in [0.1, 0.15) is 24.2 Å². The monoisotopic (exact) mass is 418 g/mol. The SMILES string of the molecule is CCOC(=O)c1cccc(NC(=O)[C@@H]2CN(S(=O)(=O)CC)c3ccccc3O2)c1. The first-order chi connectivity index (χ1) is 13.9. The fourth-order valence-electron chi connectivity index (χ4n) is 2.92. The Hall–Kier alpha value is -3.07. The lowest BCUT2D eigenvalue weighted by molar-refractivity contribution is -0.122. The molecule has 8 nitrogen and oxygen atoms in total. The van der Waals surface area contributed by atoms with Crippen LogP contribution in [-0.4, -0.2) is 45.3 Å². The fraction of sp³-hybridized carbons (Fsp3) is 0.300. The van der Waals surface area contributed by atoms with Gasteiger partial charge in [-0.15, -0.1) is 0 Å². The summed E-state index contributed by atoms with van der Waals surface area (Å²) in [5, 5.41) is 2.68. The number of benzene rings is 2. The summed E-state index contributed by atoms with van der Waals surface area (Å²) in [6.45, 7) is 3.35. The lowest BCUT2D eigenvalue weighted by atomic mass is 10.2. The molecule has 0 unspecified atom stereocenters. The van der Waals surface area contributed by atoms with Crippen molar-refractivity contribution in [2.24, 2.45) is 0 Å². The number of para-hydroxylation sites is 2.